The molecule has 0 saturated carbocycles. The van der Waals surface area contributed by atoms with E-state index in [-0.39, 0.29) is 17.3 Å². The van der Waals surface area contributed by atoms with Crippen LogP contribution in [0.25, 0.3) is 5.65 Å². The van der Waals surface area contributed by atoms with Crippen LogP contribution in [-0.2, 0) is 4.79 Å². The number of nitro groups is 1. The number of nitrogens with one attached hydrogen (secondary N) is 1. The summed E-state index contributed by atoms with van der Waals surface area (Å²) in [6, 6.07) is 10.1. The molecule has 1 N–H and O–H groups in total. The summed E-state index contributed by atoms with van der Waals surface area (Å²) in [5.41, 5.74) is 1.62. The third-order valence-corrected chi connectivity index (χ3v) is 4.25. The highest BCUT2D eigenvalue weighted by Crippen LogP contribution is 2.23. The molecule has 0 unspecified atom stereocenters. The maximum Gasteiger partial charge on any atom is 0.274 e. The molecule has 122 valence electrons. The van der Waals surface area contributed by atoms with Gasteiger partial charge >= 0.3 is 0 Å². The first-order chi connectivity index (χ1) is 11.5. The molecule has 1 aromatic carbocycles. The number of aryl methyl sites for hydroxylation is 1. The summed E-state index contributed by atoms with van der Waals surface area (Å²) in [5.74, 6) is -0.150. The summed E-state index contributed by atoms with van der Waals surface area (Å²) in [6.07, 6.45) is 1.82. The molecule has 0 atom stereocenters. The Morgan fingerprint density at radius 3 is 2.96 bits per heavy atom. The molecule has 0 bridgehead atoms. The van der Waals surface area contributed by atoms with Crippen LogP contribution >= 0.6 is 11.8 Å². The number of fused-ring (bicyclic) bond motifs is 1. The molecule has 0 spiro atoms. The van der Waals surface area contributed by atoms with E-state index in [1.165, 1.54) is 17.8 Å². The molecule has 9 heteroatoms. The summed E-state index contributed by atoms with van der Waals surface area (Å²) >= 11 is 1.24. The molecule has 8 nitrogen and oxygen atoms in total. The van der Waals surface area contributed by atoms with Gasteiger partial charge in [-0.2, -0.15) is 0 Å². The molecule has 1 amide bonds. The second-order valence-corrected chi connectivity index (χ2v) is 5.95. The van der Waals surface area contributed by atoms with Gasteiger partial charge in [0, 0.05) is 23.5 Å². The van der Waals surface area contributed by atoms with Crippen LogP contribution in [0.5, 0.6) is 0 Å². The Bertz CT molecular complexity index is 924. The van der Waals surface area contributed by atoms with Gasteiger partial charge in [0.2, 0.25) is 5.91 Å². The lowest BCUT2D eigenvalue weighted by molar-refractivity contribution is -0.385. The van der Waals surface area contributed by atoms with Gasteiger partial charge in [-0.05, 0) is 25.1 Å². The van der Waals surface area contributed by atoms with Gasteiger partial charge in [-0.15, -0.1) is 10.2 Å². The van der Waals surface area contributed by atoms with Crippen molar-refractivity contribution in [1.29, 1.82) is 0 Å². The van der Waals surface area contributed by atoms with Gasteiger partial charge < -0.3 is 5.32 Å². The normalized spacial score (nSPS) is 10.7. The molecular weight excluding hydrogens is 330 g/mol. The number of nitro benzene ring substituents is 1. The summed E-state index contributed by atoms with van der Waals surface area (Å²) in [7, 11) is 0. The number of amides is 1. The summed E-state index contributed by atoms with van der Waals surface area (Å²) in [5, 5.41) is 22.2. The fourth-order valence-corrected chi connectivity index (χ4v) is 2.85. The third kappa shape index (κ3) is 3.35. The van der Waals surface area contributed by atoms with Crippen LogP contribution < -0.4 is 5.32 Å². The average molecular weight is 343 g/mol. The van der Waals surface area contributed by atoms with E-state index in [0.29, 0.717) is 22.1 Å². The molecule has 2 aromatic heterocycles. The van der Waals surface area contributed by atoms with E-state index in [4.69, 9.17) is 0 Å². The molecular formula is C15H13N5O3S. The van der Waals surface area contributed by atoms with Crippen molar-refractivity contribution in [3.05, 3.63) is 58.3 Å². The SMILES string of the molecule is Cc1ccc(NC(=O)CSc2nnc3ccccn23)cc1[N+](=O)[O-]. The number of nitrogens with zero attached hydrogens (tertiary/aromatic N) is 4. The van der Waals surface area contributed by atoms with Crippen LogP contribution in [0, 0.1) is 17.0 Å². The highest BCUT2D eigenvalue weighted by atomic mass is 32.2. The van der Waals surface area contributed by atoms with Crippen molar-refractivity contribution in [1.82, 2.24) is 14.6 Å². The highest BCUT2D eigenvalue weighted by Gasteiger charge is 2.13. The first-order valence-corrected chi connectivity index (χ1v) is 8.00. The fraction of sp³-hybridized carbons (Fsp3) is 0.133. The maximum atomic E-state index is 12.1. The second-order valence-electron chi connectivity index (χ2n) is 5.01. The molecule has 2 heterocycles. The van der Waals surface area contributed by atoms with Crippen molar-refractivity contribution in [2.24, 2.45) is 0 Å². The first kappa shape index (κ1) is 15.9. The topological polar surface area (TPSA) is 102 Å². The van der Waals surface area contributed by atoms with Gasteiger partial charge in [0.1, 0.15) is 0 Å². The van der Waals surface area contributed by atoms with E-state index in [1.54, 1.807) is 23.5 Å². The number of hydrogen-bond acceptors (Lipinski definition) is 6. The minimum atomic E-state index is -0.470. The van der Waals surface area contributed by atoms with Crippen molar-refractivity contribution in [2.75, 3.05) is 11.1 Å². The van der Waals surface area contributed by atoms with E-state index in [0.717, 1.165) is 0 Å². The first-order valence-electron chi connectivity index (χ1n) is 7.02. The molecule has 0 radical (unpaired) electrons. The molecule has 0 fully saturated rings. The number of pyridine rings is 1. The lowest BCUT2D eigenvalue weighted by Crippen LogP contribution is -2.14. The van der Waals surface area contributed by atoms with Crippen molar-refractivity contribution < 1.29 is 9.72 Å². The van der Waals surface area contributed by atoms with E-state index in [9.17, 15) is 14.9 Å². The molecule has 0 aliphatic heterocycles. The standard InChI is InChI=1S/C15H13N5O3S/c1-10-5-6-11(8-12(10)20(22)23)16-14(21)9-24-15-18-17-13-4-2-3-7-19(13)15/h2-8H,9H2,1H3,(H,16,21). The van der Waals surface area contributed by atoms with Crippen LogP contribution in [-0.4, -0.2) is 31.2 Å². The lowest BCUT2D eigenvalue weighted by Gasteiger charge is -2.05. The third-order valence-electron chi connectivity index (χ3n) is 3.30. The molecule has 0 aliphatic carbocycles. The number of hydrogen-bond donors (Lipinski definition) is 1. The Labute approximate surface area is 141 Å². The lowest BCUT2D eigenvalue weighted by atomic mass is 10.2. The average Bonchev–Trinajstić information content (AvgIpc) is 2.98. The maximum absolute atomic E-state index is 12.1. The van der Waals surface area contributed by atoms with Crippen molar-refractivity contribution in [3.8, 4) is 0 Å². The van der Waals surface area contributed by atoms with Crippen LogP contribution in [0.15, 0.2) is 47.8 Å². The predicted octanol–water partition coefficient (Wildman–Crippen LogP) is 2.68. The van der Waals surface area contributed by atoms with Crippen LogP contribution in [0.1, 0.15) is 5.56 Å². The fourth-order valence-electron chi connectivity index (χ4n) is 2.13. The van der Waals surface area contributed by atoms with E-state index in [2.05, 4.69) is 15.5 Å². The van der Waals surface area contributed by atoms with Crippen LogP contribution in [0.4, 0.5) is 11.4 Å². The summed E-state index contributed by atoms with van der Waals surface area (Å²) < 4.78 is 1.79. The number of carbonyl (C=O) groups excluding carboxylic acids is 1. The Kier molecular flexibility index (Phi) is 4.43. The number of carbonyl (C=O) groups is 1. The van der Waals surface area contributed by atoms with Gasteiger partial charge in [-0.25, -0.2) is 0 Å². The highest BCUT2D eigenvalue weighted by molar-refractivity contribution is 7.99. The zero-order valence-corrected chi connectivity index (χ0v) is 13.5. The predicted molar refractivity (Wildman–Crippen MR) is 90.2 cm³/mol. The largest absolute Gasteiger partial charge is 0.325 e. The van der Waals surface area contributed by atoms with Crippen LogP contribution in [0.3, 0.4) is 0 Å². The van der Waals surface area contributed by atoms with Gasteiger partial charge in [-0.3, -0.25) is 19.3 Å². The summed E-state index contributed by atoms with van der Waals surface area (Å²) in [4.78, 5) is 22.5. The molecule has 3 aromatic rings. The number of anilines is 1. The van der Waals surface area contributed by atoms with E-state index < -0.39 is 4.92 Å². The summed E-state index contributed by atoms with van der Waals surface area (Å²) in [6.45, 7) is 1.65. The Morgan fingerprint density at radius 2 is 2.17 bits per heavy atom. The Hall–Kier alpha value is -2.94. The minimum Gasteiger partial charge on any atom is -0.325 e. The zero-order valence-electron chi connectivity index (χ0n) is 12.7. The second kappa shape index (κ2) is 6.67. The molecule has 0 aliphatic rings. The van der Waals surface area contributed by atoms with Gasteiger partial charge in [0.15, 0.2) is 10.8 Å². The molecule has 0 saturated heterocycles. The smallest absolute Gasteiger partial charge is 0.274 e. The Morgan fingerprint density at radius 1 is 1.33 bits per heavy atom. The number of benzene rings is 1. The molecule has 24 heavy (non-hydrogen) atoms. The van der Waals surface area contributed by atoms with Gasteiger partial charge in [0.05, 0.1) is 10.7 Å². The number of rotatable bonds is 5. The Balaban J connectivity index is 1.66. The van der Waals surface area contributed by atoms with Gasteiger partial charge in [0.25, 0.3) is 5.69 Å². The zero-order chi connectivity index (χ0) is 17.1. The monoisotopic (exact) mass is 343 g/mol. The minimum absolute atomic E-state index is 0.0242. The van der Waals surface area contributed by atoms with Crippen LogP contribution in [0.2, 0.25) is 0 Å². The number of aromatic nitrogens is 3. The van der Waals surface area contributed by atoms with E-state index in [1.807, 2.05) is 24.4 Å². The van der Waals surface area contributed by atoms with Crippen molar-refractivity contribution in [3.63, 3.8) is 0 Å². The quantitative estimate of drug-likeness (QED) is 0.434. The van der Waals surface area contributed by atoms with Crippen molar-refractivity contribution >= 4 is 34.7 Å². The van der Waals surface area contributed by atoms with Crippen molar-refractivity contribution in [2.45, 2.75) is 12.1 Å². The van der Waals surface area contributed by atoms with Gasteiger partial charge in [-0.1, -0.05) is 23.9 Å². The van der Waals surface area contributed by atoms with E-state index >= 15 is 0 Å². The molecule has 3 rings (SSSR count). The number of thioether (sulfide) groups is 1.